The van der Waals surface area contributed by atoms with Gasteiger partial charge in [0.2, 0.25) is 0 Å². The zero-order valence-electron chi connectivity index (χ0n) is 8.35. The van der Waals surface area contributed by atoms with Crippen LogP contribution in [0.3, 0.4) is 0 Å². The SMILES string of the molecule is Nc1ccc(Cl)cc1CS(=O)c1cccs1. The maximum Gasteiger partial charge on any atom is 0.0913 e. The van der Waals surface area contributed by atoms with E-state index in [-0.39, 0.29) is 0 Å². The van der Waals surface area contributed by atoms with Crippen molar-refractivity contribution in [2.24, 2.45) is 0 Å². The van der Waals surface area contributed by atoms with E-state index in [1.165, 1.54) is 11.3 Å². The predicted molar refractivity (Wildman–Crippen MR) is 70.3 cm³/mol. The summed E-state index contributed by atoms with van der Waals surface area (Å²) < 4.78 is 12.8. The summed E-state index contributed by atoms with van der Waals surface area (Å²) in [6.45, 7) is 0. The molecule has 1 aromatic carbocycles. The second-order valence-electron chi connectivity index (χ2n) is 3.27. The van der Waals surface area contributed by atoms with E-state index in [2.05, 4.69) is 0 Å². The van der Waals surface area contributed by atoms with Gasteiger partial charge in [-0.15, -0.1) is 11.3 Å². The van der Waals surface area contributed by atoms with Crippen LogP contribution in [0.5, 0.6) is 0 Å². The average molecular weight is 272 g/mol. The fourth-order valence-corrected chi connectivity index (χ4v) is 3.63. The number of nitrogens with two attached hydrogens (primary N) is 1. The van der Waals surface area contributed by atoms with Crippen molar-refractivity contribution in [3.63, 3.8) is 0 Å². The first-order chi connectivity index (χ1) is 7.66. The third-order valence-electron chi connectivity index (χ3n) is 2.11. The highest BCUT2D eigenvalue weighted by Gasteiger charge is 2.08. The Kier molecular flexibility index (Phi) is 3.63. The van der Waals surface area contributed by atoms with Crippen LogP contribution in [0.25, 0.3) is 0 Å². The molecule has 0 saturated heterocycles. The lowest BCUT2D eigenvalue weighted by Crippen LogP contribution is -1.99. The van der Waals surface area contributed by atoms with E-state index in [0.717, 1.165) is 9.77 Å². The Labute approximate surface area is 106 Å². The molecule has 0 aliphatic carbocycles. The van der Waals surface area contributed by atoms with E-state index in [1.807, 2.05) is 17.5 Å². The Balaban J connectivity index is 2.21. The van der Waals surface area contributed by atoms with Crippen molar-refractivity contribution in [3.05, 3.63) is 46.3 Å². The largest absolute Gasteiger partial charge is 0.398 e. The number of thiophene rings is 1. The third-order valence-corrected chi connectivity index (χ3v) is 5.01. The van der Waals surface area contributed by atoms with Gasteiger partial charge in [0.1, 0.15) is 0 Å². The van der Waals surface area contributed by atoms with Crippen molar-refractivity contribution in [3.8, 4) is 0 Å². The van der Waals surface area contributed by atoms with Crippen LogP contribution in [0, 0.1) is 0 Å². The quantitative estimate of drug-likeness (QED) is 0.871. The first kappa shape index (κ1) is 11.6. The molecule has 2 nitrogen and oxygen atoms in total. The Bertz CT molecular complexity index is 511. The standard InChI is InChI=1S/C11H10ClNOS2/c12-9-3-4-10(13)8(6-9)7-16(14)11-2-1-5-15-11/h1-6H,7,13H2. The molecular weight excluding hydrogens is 262 g/mol. The highest BCUT2D eigenvalue weighted by Crippen LogP contribution is 2.23. The van der Waals surface area contributed by atoms with Gasteiger partial charge in [0.15, 0.2) is 0 Å². The first-order valence-corrected chi connectivity index (χ1v) is 7.20. The number of hydrogen-bond acceptors (Lipinski definition) is 3. The Morgan fingerprint density at radius 2 is 2.19 bits per heavy atom. The second kappa shape index (κ2) is 4.99. The Morgan fingerprint density at radius 1 is 1.38 bits per heavy atom. The lowest BCUT2D eigenvalue weighted by Gasteiger charge is -2.05. The van der Waals surface area contributed by atoms with Crippen molar-refractivity contribution in [1.29, 1.82) is 0 Å². The molecule has 0 saturated carbocycles. The summed E-state index contributed by atoms with van der Waals surface area (Å²) in [4.78, 5) is 0. The van der Waals surface area contributed by atoms with Gasteiger partial charge in [0, 0.05) is 10.7 Å². The van der Waals surface area contributed by atoms with Crippen LogP contribution in [-0.4, -0.2) is 4.21 Å². The van der Waals surface area contributed by atoms with Gasteiger partial charge >= 0.3 is 0 Å². The molecule has 5 heteroatoms. The van der Waals surface area contributed by atoms with Crippen LogP contribution in [0.1, 0.15) is 5.56 Å². The Hall–Kier alpha value is -0.840. The Morgan fingerprint density at radius 3 is 2.88 bits per heavy atom. The molecule has 0 radical (unpaired) electrons. The zero-order valence-corrected chi connectivity index (χ0v) is 10.7. The van der Waals surface area contributed by atoms with Crippen molar-refractivity contribution >= 4 is 39.4 Å². The molecular formula is C11H10ClNOS2. The minimum absolute atomic E-state index is 0.410. The molecule has 0 bridgehead atoms. The van der Waals surface area contributed by atoms with Crippen LogP contribution in [0.15, 0.2) is 39.9 Å². The topological polar surface area (TPSA) is 43.1 Å². The predicted octanol–water partition coefficient (Wildman–Crippen LogP) is 3.29. The van der Waals surface area contributed by atoms with Crippen LogP contribution in [0.4, 0.5) is 5.69 Å². The van der Waals surface area contributed by atoms with Crippen molar-refractivity contribution < 1.29 is 4.21 Å². The van der Waals surface area contributed by atoms with Gasteiger partial charge in [-0.25, -0.2) is 0 Å². The average Bonchev–Trinajstić information content (AvgIpc) is 2.76. The van der Waals surface area contributed by atoms with Crippen LogP contribution in [0.2, 0.25) is 5.02 Å². The summed E-state index contributed by atoms with van der Waals surface area (Å²) in [6, 6.07) is 8.99. The monoisotopic (exact) mass is 271 g/mol. The van der Waals surface area contributed by atoms with Gasteiger partial charge in [-0.3, -0.25) is 4.21 Å². The van der Waals surface area contributed by atoms with E-state index in [1.54, 1.807) is 18.2 Å². The molecule has 1 atom stereocenters. The molecule has 0 spiro atoms. The molecule has 0 aliphatic rings. The van der Waals surface area contributed by atoms with Gasteiger partial charge in [-0.1, -0.05) is 17.7 Å². The smallest absolute Gasteiger partial charge is 0.0913 e. The lowest BCUT2D eigenvalue weighted by atomic mass is 10.2. The number of benzene rings is 1. The van der Waals surface area contributed by atoms with Crippen molar-refractivity contribution in [2.45, 2.75) is 9.96 Å². The third kappa shape index (κ3) is 2.64. The summed E-state index contributed by atoms with van der Waals surface area (Å²) in [7, 11) is -1.04. The van der Waals surface area contributed by atoms with Gasteiger partial charge < -0.3 is 5.73 Å². The number of rotatable bonds is 3. The first-order valence-electron chi connectivity index (χ1n) is 4.62. The molecule has 1 aromatic heterocycles. The maximum atomic E-state index is 12.0. The molecule has 1 unspecified atom stereocenters. The fraction of sp³-hybridized carbons (Fsp3) is 0.0909. The molecule has 0 amide bonds. The molecule has 0 fully saturated rings. The normalized spacial score (nSPS) is 12.6. The summed E-state index contributed by atoms with van der Waals surface area (Å²) >= 11 is 7.36. The summed E-state index contributed by atoms with van der Waals surface area (Å²) in [5.74, 6) is 0.410. The van der Waals surface area contributed by atoms with Gasteiger partial charge in [0.05, 0.1) is 20.8 Å². The number of anilines is 1. The molecule has 2 rings (SSSR count). The second-order valence-corrected chi connectivity index (χ2v) is 6.33. The summed E-state index contributed by atoms with van der Waals surface area (Å²) in [5, 5.41) is 2.53. The summed E-state index contributed by atoms with van der Waals surface area (Å²) in [5.41, 5.74) is 7.27. The number of hydrogen-bond donors (Lipinski definition) is 1. The van der Waals surface area contributed by atoms with Crippen LogP contribution < -0.4 is 5.73 Å². The number of halogens is 1. The molecule has 1 heterocycles. The molecule has 0 aliphatic heterocycles. The summed E-state index contributed by atoms with van der Waals surface area (Å²) in [6.07, 6.45) is 0. The lowest BCUT2D eigenvalue weighted by molar-refractivity contribution is 0.684. The van der Waals surface area contributed by atoms with Crippen molar-refractivity contribution in [2.75, 3.05) is 5.73 Å². The van der Waals surface area contributed by atoms with E-state index in [0.29, 0.717) is 16.5 Å². The van der Waals surface area contributed by atoms with Gasteiger partial charge in [-0.05, 0) is 35.2 Å². The molecule has 2 aromatic rings. The van der Waals surface area contributed by atoms with Crippen molar-refractivity contribution in [1.82, 2.24) is 0 Å². The highest BCUT2D eigenvalue weighted by molar-refractivity contribution is 7.86. The maximum absolute atomic E-state index is 12.0. The zero-order chi connectivity index (χ0) is 11.5. The van der Waals surface area contributed by atoms with E-state index in [9.17, 15) is 4.21 Å². The molecule has 16 heavy (non-hydrogen) atoms. The van der Waals surface area contributed by atoms with Gasteiger partial charge in [0.25, 0.3) is 0 Å². The van der Waals surface area contributed by atoms with Gasteiger partial charge in [-0.2, -0.15) is 0 Å². The van der Waals surface area contributed by atoms with E-state index < -0.39 is 10.8 Å². The fourth-order valence-electron chi connectivity index (χ4n) is 1.30. The number of nitrogen functional groups attached to an aromatic ring is 1. The molecule has 2 N–H and O–H groups in total. The van der Waals surface area contributed by atoms with E-state index >= 15 is 0 Å². The van der Waals surface area contributed by atoms with Crippen LogP contribution in [-0.2, 0) is 16.6 Å². The molecule has 84 valence electrons. The van der Waals surface area contributed by atoms with E-state index in [4.69, 9.17) is 17.3 Å². The minimum Gasteiger partial charge on any atom is -0.398 e. The minimum atomic E-state index is -1.04. The van der Waals surface area contributed by atoms with Crippen LogP contribution >= 0.6 is 22.9 Å². The highest BCUT2D eigenvalue weighted by atomic mass is 35.5.